The number of fused-ring (bicyclic) bond motifs is 1. The van der Waals surface area contributed by atoms with E-state index in [0.29, 0.717) is 22.3 Å². The van der Waals surface area contributed by atoms with Crippen molar-refractivity contribution in [3.8, 4) is 0 Å². The molecule has 140 valence electrons. The summed E-state index contributed by atoms with van der Waals surface area (Å²) < 4.78 is 1.57. The van der Waals surface area contributed by atoms with Crippen LogP contribution >= 0.6 is 11.6 Å². The quantitative estimate of drug-likeness (QED) is 0.633. The number of nitrogens with zero attached hydrogens (tertiary/aromatic N) is 3. The van der Waals surface area contributed by atoms with Gasteiger partial charge in [-0.1, -0.05) is 40.9 Å². The summed E-state index contributed by atoms with van der Waals surface area (Å²) in [5.74, 6) is -2.17. The molecule has 28 heavy (non-hydrogen) atoms. The van der Waals surface area contributed by atoms with E-state index < -0.39 is 17.8 Å². The highest BCUT2D eigenvalue weighted by molar-refractivity contribution is 6.30. The van der Waals surface area contributed by atoms with Crippen molar-refractivity contribution in [1.29, 1.82) is 0 Å². The van der Waals surface area contributed by atoms with Crippen molar-refractivity contribution < 1.29 is 19.2 Å². The molecule has 2 amide bonds. The summed E-state index contributed by atoms with van der Waals surface area (Å²) in [6.07, 6.45) is 1.51. The third kappa shape index (κ3) is 3.16. The second-order valence-electron chi connectivity index (χ2n) is 6.28. The lowest BCUT2D eigenvalue weighted by atomic mass is 10.1. The molecule has 4 rings (SSSR count). The summed E-state index contributed by atoms with van der Waals surface area (Å²) in [4.78, 5) is 42.3. The number of imide groups is 1. The van der Waals surface area contributed by atoms with Crippen LogP contribution in [0.25, 0.3) is 0 Å². The summed E-state index contributed by atoms with van der Waals surface area (Å²) in [6, 6.07) is 13.6. The molecule has 1 aliphatic rings. The zero-order chi connectivity index (χ0) is 19.8. The average molecular weight is 396 g/mol. The lowest BCUT2D eigenvalue weighted by Gasteiger charge is -2.12. The van der Waals surface area contributed by atoms with Gasteiger partial charge < -0.3 is 4.84 Å². The monoisotopic (exact) mass is 395 g/mol. The predicted molar refractivity (Wildman–Crippen MR) is 99.9 cm³/mol. The number of hydroxylamine groups is 2. The van der Waals surface area contributed by atoms with Crippen LogP contribution in [-0.4, -0.2) is 32.6 Å². The fraction of sp³-hybridized carbons (Fsp3) is 0.100. The van der Waals surface area contributed by atoms with E-state index in [9.17, 15) is 14.4 Å². The summed E-state index contributed by atoms with van der Waals surface area (Å²) in [5, 5.41) is 5.38. The summed E-state index contributed by atoms with van der Waals surface area (Å²) in [5.41, 5.74) is 1.90. The minimum atomic E-state index is -0.829. The van der Waals surface area contributed by atoms with Crippen molar-refractivity contribution in [2.24, 2.45) is 0 Å². The van der Waals surface area contributed by atoms with E-state index in [2.05, 4.69) is 5.10 Å². The number of carbonyl (C=O) groups excluding carboxylic acids is 3. The zero-order valence-electron chi connectivity index (χ0n) is 14.8. The first kappa shape index (κ1) is 17.9. The molecule has 0 saturated heterocycles. The van der Waals surface area contributed by atoms with Gasteiger partial charge in [0.25, 0.3) is 11.8 Å². The Labute approximate surface area is 165 Å². The van der Waals surface area contributed by atoms with E-state index in [1.54, 1.807) is 35.9 Å². The summed E-state index contributed by atoms with van der Waals surface area (Å²) >= 11 is 5.99. The van der Waals surface area contributed by atoms with Crippen molar-refractivity contribution in [1.82, 2.24) is 14.8 Å². The standard InChI is InChI=1S/C20H14ClN3O4/c1-12-17(11-23(22-12)10-13-5-4-6-14(21)9-13)20(27)28-24-18(25)15-7-2-3-8-16(15)19(24)26/h2-9,11H,10H2,1H3. The molecular weight excluding hydrogens is 382 g/mol. The molecule has 3 aromatic rings. The van der Waals surface area contributed by atoms with Crippen molar-refractivity contribution in [3.05, 3.63) is 87.7 Å². The van der Waals surface area contributed by atoms with E-state index in [1.165, 1.54) is 18.3 Å². The van der Waals surface area contributed by atoms with E-state index >= 15 is 0 Å². The van der Waals surface area contributed by atoms with Gasteiger partial charge in [0, 0.05) is 11.2 Å². The normalized spacial score (nSPS) is 13.0. The lowest BCUT2D eigenvalue weighted by Crippen LogP contribution is -2.32. The van der Waals surface area contributed by atoms with Crippen LogP contribution in [0, 0.1) is 6.92 Å². The molecule has 2 aromatic carbocycles. The number of hydrogen-bond acceptors (Lipinski definition) is 5. The number of hydrogen-bond donors (Lipinski definition) is 0. The van der Waals surface area contributed by atoms with Crippen LogP contribution in [0.5, 0.6) is 0 Å². The predicted octanol–water partition coefficient (Wildman–Crippen LogP) is 3.26. The Morgan fingerprint density at radius 1 is 1.07 bits per heavy atom. The molecule has 0 fully saturated rings. The second kappa shape index (κ2) is 6.94. The van der Waals surface area contributed by atoms with Gasteiger partial charge in [0.15, 0.2) is 0 Å². The van der Waals surface area contributed by atoms with Crippen LogP contribution in [0.2, 0.25) is 5.02 Å². The maximum Gasteiger partial charge on any atom is 0.367 e. The molecule has 0 spiro atoms. The maximum atomic E-state index is 12.5. The first-order chi connectivity index (χ1) is 13.4. The van der Waals surface area contributed by atoms with Crippen LogP contribution in [0.1, 0.15) is 42.3 Å². The highest BCUT2D eigenvalue weighted by Crippen LogP contribution is 2.23. The molecule has 1 aliphatic heterocycles. The number of amides is 2. The van der Waals surface area contributed by atoms with Gasteiger partial charge in [-0.15, -0.1) is 0 Å². The molecule has 1 aromatic heterocycles. The minimum Gasteiger partial charge on any atom is -0.324 e. The zero-order valence-corrected chi connectivity index (χ0v) is 15.5. The smallest absolute Gasteiger partial charge is 0.324 e. The van der Waals surface area contributed by atoms with E-state index in [4.69, 9.17) is 16.4 Å². The van der Waals surface area contributed by atoms with Gasteiger partial charge >= 0.3 is 5.97 Å². The minimum absolute atomic E-state index is 0.165. The highest BCUT2D eigenvalue weighted by atomic mass is 35.5. The van der Waals surface area contributed by atoms with Crippen molar-refractivity contribution in [2.45, 2.75) is 13.5 Å². The summed E-state index contributed by atoms with van der Waals surface area (Å²) in [6.45, 7) is 2.05. The van der Waals surface area contributed by atoms with Crippen molar-refractivity contribution in [3.63, 3.8) is 0 Å². The third-order valence-corrected chi connectivity index (χ3v) is 4.57. The first-order valence-corrected chi connectivity index (χ1v) is 8.80. The highest BCUT2D eigenvalue weighted by Gasteiger charge is 2.39. The van der Waals surface area contributed by atoms with Crippen LogP contribution in [0.15, 0.2) is 54.7 Å². The fourth-order valence-corrected chi connectivity index (χ4v) is 3.22. The molecule has 7 nitrogen and oxygen atoms in total. The molecule has 0 atom stereocenters. The second-order valence-corrected chi connectivity index (χ2v) is 6.72. The molecule has 8 heteroatoms. The van der Waals surface area contributed by atoms with Crippen molar-refractivity contribution >= 4 is 29.4 Å². The molecule has 0 radical (unpaired) electrons. The number of aryl methyl sites for hydroxylation is 1. The molecule has 2 heterocycles. The molecular formula is C20H14ClN3O4. The molecule has 0 unspecified atom stereocenters. The average Bonchev–Trinajstić information content (AvgIpc) is 3.15. The first-order valence-electron chi connectivity index (χ1n) is 8.42. The molecule has 0 saturated carbocycles. The van der Waals surface area contributed by atoms with Crippen LogP contribution < -0.4 is 0 Å². The Hall–Kier alpha value is -3.45. The molecule has 0 aliphatic carbocycles. The van der Waals surface area contributed by atoms with Crippen LogP contribution in [0.3, 0.4) is 0 Å². The number of rotatable bonds is 4. The van der Waals surface area contributed by atoms with E-state index in [1.807, 2.05) is 12.1 Å². The third-order valence-electron chi connectivity index (χ3n) is 4.33. The van der Waals surface area contributed by atoms with Gasteiger partial charge in [-0.3, -0.25) is 14.3 Å². The number of carbonyl (C=O) groups is 3. The van der Waals surface area contributed by atoms with Gasteiger partial charge in [-0.05, 0) is 36.8 Å². The summed E-state index contributed by atoms with van der Waals surface area (Å²) in [7, 11) is 0. The topological polar surface area (TPSA) is 81.5 Å². The number of halogens is 1. The number of aromatic nitrogens is 2. The maximum absolute atomic E-state index is 12.5. The van der Waals surface area contributed by atoms with E-state index in [0.717, 1.165) is 5.56 Å². The Morgan fingerprint density at radius 2 is 1.75 bits per heavy atom. The molecule has 0 N–H and O–H groups in total. The Bertz CT molecular complexity index is 1090. The van der Waals surface area contributed by atoms with Gasteiger partial charge in [0.05, 0.1) is 23.4 Å². The number of benzene rings is 2. The van der Waals surface area contributed by atoms with Crippen molar-refractivity contribution in [2.75, 3.05) is 0 Å². The lowest BCUT2D eigenvalue weighted by molar-refractivity contribution is -0.0585. The largest absolute Gasteiger partial charge is 0.367 e. The van der Waals surface area contributed by atoms with Gasteiger partial charge in [-0.2, -0.15) is 5.10 Å². The molecule has 0 bridgehead atoms. The van der Waals surface area contributed by atoms with E-state index in [-0.39, 0.29) is 16.7 Å². The van der Waals surface area contributed by atoms with Gasteiger partial charge in [0.2, 0.25) is 0 Å². The Morgan fingerprint density at radius 3 is 2.39 bits per heavy atom. The van der Waals surface area contributed by atoms with Gasteiger partial charge in [0.1, 0.15) is 5.56 Å². The SMILES string of the molecule is Cc1nn(Cc2cccc(Cl)c2)cc1C(=O)ON1C(=O)c2ccccc2C1=O. The van der Waals surface area contributed by atoms with Crippen LogP contribution in [-0.2, 0) is 11.4 Å². The van der Waals surface area contributed by atoms with Gasteiger partial charge in [-0.25, -0.2) is 4.79 Å². The Balaban J connectivity index is 1.52. The fourth-order valence-electron chi connectivity index (χ4n) is 3.00. The van der Waals surface area contributed by atoms with Crippen LogP contribution in [0.4, 0.5) is 0 Å². The Kier molecular flexibility index (Phi) is 4.44.